The van der Waals surface area contributed by atoms with Gasteiger partial charge in [0.25, 0.3) is 5.69 Å². The molecule has 0 amide bonds. The number of nitro benzene ring substituents is 1. The van der Waals surface area contributed by atoms with Crippen molar-refractivity contribution in [2.75, 3.05) is 6.61 Å². The number of ether oxygens (including phenoxy) is 2. The van der Waals surface area contributed by atoms with Crippen LogP contribution in [-0.2, 0) is 14.9 Å². The van der Waals surface area contributed by atoms with E-state index in [2.05, 4.69) is 4.74 Å². The van der Waals surface area contributed by atoms with Gasteiger partial charge in [-0.25, -0.2) is 14.0 Å². The molecule has 0 saturated heterocycles. The molecular formula is C16H9F3INO9S. The van der Waals surface area contributed by atoms with E-state index >= 15 is 0 Å². The number of rotatable bonds is 7. The molecule has 0 fully saturated rings. The Hall–Kier alpha value is -2.79. The van der Waals surface area contributed by atoms with E-state index in [0.717, 1.165) is 12.1 Å². The van der Waals surface area contributed by atoms with Crippen LogP contribution >= 0.6 is 22.6 Å². The van der Waals surface area contributed by atoms with E-state index < -0.39 is 67.2 Å². The van der Waals surface area contributed by atoms with Crippen LogP contribution in [0.3, 0.4) is 0 Å². The van der Waals surface area contributed by atoms with Crippen molar-refractivity contribution in [1.29, 1.82) is 0 Å². The third-order valence-corrected chi connectivity index (χ3v) is 5.28. The first kappa shape index (κ1) is 24.5. The van der Waals surface area contributed by atoms with Gasteiger partial charge in [-0.2, -0.15) is 17.2 Å². The predicted molar refractivity (Wildman–Crippen MR) is 104 cm³/mol. The molecule has 0 heterocycles. The van der Waals surface area contributed by atoms with Crippen molar-refractivity contribution in [1.82, 2.24) is 0 Å². The first-order valence-electron chi connectivity index (χ1n) is 7.71. The number of nitrogens with zero attached hydrogens (tertiary/aromatic N) is 1. The minimum Gasteiger partial charge on any atom is -0.454 e. The van der Waals surface area contributed by atoms with Crippen molar-refractivity contribution in [3.8, 4) is 5.75 Å². The van der Waals surface area contributed by atoms with Gasteiger partial charge >= 0.3 is 27.3 Å². The molecule has 0 aliphatic heterocycles. The molecule has 0 bridgehead atoms. The SMILES string of the molecule is O=C(OCC(F)(F)S(=O)(=O)O)c1cc(OC(=O)c2c(F)cccc2I)ccc1[N+](=O)[O-]. The third-order valence-electron chi connectivity index (χ3n) is 3.51. The molecule has 0 aliphatic carbocycles. The zero-order valence-electron chi connectivity index (χ0n) is 14.8. The summed E-state index contributed by atoms with van der Waals surface area (Å²) >= 11 is 1.66. The molecule has 1 N–H and O–H groups in total. The molecule has 0 atom stereocenters. The summed E-state index contributed by atoms with van der Waals surface area (Å²) in [5, 5.41) is 6.21. The van der Waals surface area contributed by atoms with E-state index in [9.17, 15) is 41.3 Å². The maximum absolute atomic E-state index is 13.9. The van der Waals surface area contributed by atoms with Crippen molar-refractivity contribution in [2.24, 2.45) is 0 Å². The summed E-state index contributed by atoms with van der Waals surface area (Å²) in [7, 11) is -5.92. The lowest BCUT2D eigenvalue weighted by Gasteiger charge is -2.13. The van der Waals surface area contributed by atoms with Crippen molar-refractivity contribution >= 4 is 50.3 Å². The average Bonchev–Trinajstić information content (AvgIpc) is 2.64. The van der Waals surface area contributed by atoms with Crippen LogP contribution in [-0.4, -0.2) is 41.7 Å². The minimum absolute atomic E-state index is 0.177. The summed E-state index contributed by atoms with van der Waals surface area (Å²) in [6.07, 6.45) is 0. The normalized spacial score (nSPS) is 11.6. The Morgan fingerprint density at radius 3 is 2.39 bits per heavy atom. The monoisotopic (exact) mass is 575 g/mol. The molecule has 0 aromatic heterocycles. The van der Waals surface area contributed by atoms with Gasteiger partial charge in [0.15, 0.2) is 6.61 Å². The molecule has 31 heavy (non-hydrogen) atoms. The maximum atomic E-state index is 13.9. The lowest BCUT2D eigenvalue weighted by Crippen LogP contribution is -2.34. The molecule has 2 rings (SSSR count). The Morgan fingerprint density at radius 2 is 1.84 bits per heavy atom. The number of halogens is 4. The van der Waals surface area contributed by atoms with Crippen molar-refractivity contribution in [2.45, 2.75) is 5.25 Å². The Morgan fingerprint density at radius 1 is 1.19 bits per heavy atom. The second-order valence-electron chi connectivity index (χ2n) is 5.61. The van der Waals surface area contributed by atoms with Gasteiger partial charge in [0.2, 0.25) is 0 Å². The molecule has 10 nitrogen and oxygen atoms in total. The number of alkyl halides is 2. The molecule has 2 aromatic rings. The van der Waals surface area contributed by atoms with E-state index in [0.29, 0.717) is 12.1 Å². The Bertz CT molecular complexity index is 1150. The Balaban J connectivity index is 2.33. The topological polar surface area (TPSA) is 150 Å². The quantitative estimate of drug-likeness (QED) is 0.131. The smallest absolute Gasteiger partial charge is 0.402 e. The summed E-state index contributed by atoms with van der Waals surface area (Å²) in [4.78, 5) is 34.2. The summed E-state index contributed by atoms with van der Waals surface area (Å²) in [5.41, 5.74) is -2.37. The average molecular weight is 575 g/mol. The summed E-state index contributed by atoms with van der Waals surface area (Å²) in [5.74, 6) is -4.41. The highest BCUT2D eigenvalue weighted by atomic mass is 127. The predicted octanol–water partition coefficient (Wildman–Crippen LogP) is 3.20. The van der Waals surface area contributed by atoms with E-state index in [-0.39, 0.29) is 3.57 Å². The van der Waals surface area contributed by atoms with Gasteiger partial charge in [0.1, 0.15) is 22.7 Å². The maximum Gasteiger partial charge on any atom is 0.402 e. The van der Waals surface area contributed by atoms with Crippen LogP contribution < -0.4 is 4.74 Å². The number of hydrogen-bond acceptors (Lipinski definition) is 8. The molecule has 166 valence electrons. The van der Waals surface area contributed by atoms with Gasteiger partial charge in [-0.15, -0.1) is 0 Å². The lowest BCUT2D eigenvalue weighted by atomic mass is 10.1. The summed E-state index contributed by atoms with van der Waals surface area (Å²) in [6.45, 7) is -2.14. The van der Waals surface area contributed by atoms with E-state index in [1.54, 1.807) is 22.6 Å². The Kier molecular flexibility index (Phi) is 7.22. The third kappa shape index (κ3) is 5.67. The molecule has 15 heteroatoms. The highest BCUT2D eigenvalue weighted by Gasteiger charge is 2.46. The second-order valence-corrected chi connectivity index (χ2v) is 8.32. The fourth-order valence-corrected chi connectivity index (χ4v) is 2.95. The summed E-state index contributed by atoms with van der Waals surface area (Å²) < 4.78 is 79.0. The van der Waals surface area contributed by atoms with Crippen LogP contribution in [0.15, 0.2) is 36.4 Å². The molecule has 0 aliphatic rings. The fraction of sp³-hybridized carbons (Fsp3) is 0.125. The Labute approximate surface area is 185 Å². The molecule has 2 aromatic carbocycles. The molecule has 0 radical (unpaired) electrons. The number of nitro groups is 1. The van der Waals surface area contributed by atoms with E-state index in [1.165, 1.54) is 12.1 Å². The van der Waals surface area contributed by atoms with Crippen molar-refractivity contribution in [3.05, 3.63) is 67.0 Å². The first-order chi connectivity index (χ1) is 14.2. The van der Waals surface area contributed by atoms with Crippen molar-refractivity contribution in [3.63, 3.8) is 0 Å². The van der Waals surface area contributed by atoms with Gasteiger partial charge in [0.05, 0.1) is 4.92 Å². The standard InChI is InChI=1S/C16H9F3INO9S/c17-10-2-1-3-11(20)13(10)15(23)30-8-4-5-12(21(24)25)9(6-8)14(22)29-7-16(18,19)31(26,27)28/h1-6H,7H2,(H,26,27,28). The second kappa shape index (κ2) is 9.15. The van der Waals surface area contributed by atoms with Gasteiger partial charge < -0.3 is 9.47 Å². The van der Waals surface area contributed by atoms with Crippen molar-refractivity contribution < 1.29 is 50.1 Å². The number of carbonyl (C=O) groups excluding carboxylic acids is 2. The molecular weight excluding hydrogens is 566 g/mol. The van der Waals surface area contributed by atoms with Gasteiger partial charge in [-0.05, 0) is 40.8 Å². The molecule has 0 spiro atoms. The van der Waals surface area contributed by atoms with Crippen LogP contribution in [0.4, 0.5) is 18.9 Å². The van der Waals surface area contributed by atoms with Gasteiger partial charge in [-0.1, -0.05) is 6.07 Å². The van der Waals surface area contributed by atoms with Gasteiger partial charge in [0, 0.05) is 15.7 Å². The van der Waals surface area contributed by atoms with Crippen LogP contribution in [0.1, 0.15) is 20.7 Å². The zero-order valence-corrected chi connectivity index (χ0v) is 17.7. The minimum atomic E-state index is -5.92. The van der Waals surface area contributed by atoms with E-state index in [1.807, 2.05) is 0 Å². The molecule has 0 unspecified atom stereocenters. The largest absolute Gasteiger partial charge is 0.454 e. The number of esters is 2. The summed E-state index contributed by atoms with van der Waals surface area (Å²) in [6, 6.07) is 5.87. The number of benzene rings is 2. The molecule has 0 saturated carbocycles. The fourth-order valence-electron chi connectivity index (χ4n) is 2.05. The highest BCUT2D eigenvalue weighted by Crippen LogP contribution is 2.28. The first-order valence-corrected chi connectivity index (χ1v) is 10.2. The number of carbonyl (C=O) groups is 2. The zero-order chi connectivity index (χ0) is 23.6. The highest BCUT2D eigenvalue weighted by molar-refractivity contribution is 14.1. The lowest BCUT2D eigenvalue weighted by molar-refractivity contribution is -0.385. The van der Waals surface area contributed by atoms with Gasteiger partial charge in [-0.3, -0.25) is 14.7 Å². The van der Waals surface area contributed by atoms with Crippen LogP contribution in [0, 0.1) is 19.5 Å². The number of hydrogen-bond donors (Lipinski definition) is 1. The van der Waals surface area contributed by atoms with Crippen LogP contribution in [0.2, 0.25) is 0 Å². The van der Waals surface area contributed by atoms with Crippen LogP contribution in [0.25, 0.3) is 0 Å². The van der Waals surface area contributed by atoms with E-state index in [4.69, 9.17) is 9.29 Å². The van der Waals surface area contributed by atoms with Crippen LogP contribution in [0.5, 0.6) is 5.75 Å².